The normalized spacial score (nSPS) is 10.5. The molecule has 0 unspecified atom stereocenters. The summed E-state index contributed by atoms with van der Waals surface area (Å²) in [7, 11) is -3.01. The molecular formula is C13H15N3O2S. The van der Waals surface area contributed by atoms with Gasteiger partial charge < -0.3 is 5.32 Å². The third-order valence-corrected chi connectivity index (χ3v) is 4.37. The van der Waals surface area contributed by atoms with Gasteiger partial charge in [0.15, 0.2) is 9.84 Å². The van der Waals surface area contributed by atoms with Crippen molar-refractivity contribution in [3.8, 4) is 12.1 Å². The van der Waals surface area contributed by atoms with Crippen LogP contribution in [0.4, 0.5) is 5.69 Å². The van der Waals surface area contributed by atoms with Crippen LogP contribution in [0.3, 0.4) is 0 Å². The zero-order valence-electron chi connectivity index (χ0n) is 10.7. The second-order valence-corrected chi connectivity index (χ2v) is 6.37. The van der Waals surface area contributed by atoms with Crippen LogP contribution in [0, 0.1) is 22.7 Å². The van der Waals surface area contributed by atoms with Crippen LogP contribution in [0.5, 0.6) is 0 Å². The molecule has 1 N–H and O–H groups in total. The number of benzene rings is 1. The summed E-state index contributed by atoms with van der Waals surface area (Å²) in [6, 6.07) is 8.61. The SMILES string of the molecule is CCCS(=O)(=O)CCNc1ccc(C#N)c(C#N)c1. The Bertz CT molecular complexity index is 624. The number of nitrogens with zero attached hydrogens (tertiary/aromatic N) is 2. The van der Waals surface area contributed by atoms with E-state index in [0.29, 0.717) is 24.2 Å². The van der Waals surface area contributed by atoms with Crippen LogP contribution in [0.15, 0.2) is 18.2 Å². The van der Waals surface area contributed by atoms with Gasteiger partial charge in [-0.1, -0.05) is 6.92 Å². The van der Waals surface area contributed by atoms with Gasteiger partial charge in [-0.05, 0) is 24.6 Å². The first-order valence-electron chi connectivity index (χ1n) is 5.91. The van der Waals surface area contributed by atoms with E-state index in [2.05, 4.69) is 5.32 Å². The van der Waals surface area contributed by atoms with Gasteiger partial charge in [0.05, 0.1) is 16.9 Å². The Labute approximate surface area is 113 Å². The van der Waals surface area contributed by atoms with Gasteiger partial charge >= 0.3 is 0 Å². The molecule has 6 heteroatoms. The highest BCUT2D eigenvalue weighted by Crippen LogP contribution is 2.14. The van der Waals surface area contributed by atoms with Crippen LogP contribution < -0.4 is 5.32 Å². The minimum atomic E-state index is -3.01. The van der Waals surface area contributed by atoms with Gasteiger partial charge in [0.2, 0.25) is 0 Å². The molecule has 0 atom stereocenters. The Morgan fingerprint density at radius 3 is 2.42 bits per heavy atom. The average Bonchev–Trinajstić information content (AvgIpc) is 2.38. The molecule has 1 aromatic rings. The van der Waals surface area contributed by atoms with Crippen molar-refractivity contribution in [3.05, 3.63) is 29.3 Å². The Kier molecular flexibility index (Phi) is 5.35. The molecular weight excluding hydrogens is 262 g/mol. The van der Waals surface area contributed by atoms with E-state index in [0.717, 1.165) is 0 Å². The lowest BCUT2D eigenvalue weighted by atomic mass is 10.1. The lowest BCUT2D eigenvalue weighted by molar-refractivity contribution is 0.595. The van der Waals surface area contributed by atoms with Crippen LogP contribution in [0.1, 0.15) is 24.5 Å². The highest BCUT2D eigenvalue weighted by atomic mass is 32.2. The molecule has 0 aromatic heterocycles. The lowest BCUT2D eigenvalue weighted by Gasteiger charge is -2.07. The number of anilines is 1. The zero-order chi connectivity index (χ0) is 14.3. The number of nitrogens with one attached hydrogen (secondary N) is 1. The zero-order valence-corrected chi connectivity index (χ0v) is 11.5. The monoisotopic (exact) mass is 277 g/mol. The second kappa shape index (κ2) is 6.77. The van der Waals surface area contributed by atoms with Crippen molar-refractivity contribution in [2.75, 3.05) is 23.4 Å². The van der Waals surface area contributed by atoms with Crippen LogP contribution >= 0.6 is 0 Å². The summed E-state index contributed by atoms with van der Waals surface area (Å²) in [6.07, 6.45) is 0.609. The molecule has 19 heavy (non-hydrogen) atoms. The number of nitriles is 2. The largest absolute Gasteiger partial charge is 0.384 e. The molecule has 100 valence electrons. The van der Waals surface area contributed by atoms with E-state index in [1.807, 2.05) is 19.1 Å². The summed E-state index contributed by atoms with van der Waals surface area (Å²) in [4.78, 5) is 0. The van der Waals surface area contributed by atoms with E-state index in [4.69, 9.17) is 10.5 Å². The predicted octanol–water partition coefficient (Wildman–Crippen LogP) is 1.67. The van der Waals surface area contributed by atoms with Crippen molar-refractivity contribution in [2.24, 2.45) is 0 Å². The summed E-state index contributed by atoms with van der Waals surface area (Å²) in [5, 5.41) is 20.6. The van der Waals surface area contributed by atoms with E-state index in [1.165, 1.54) is 0 Å². The first-order valence-corrected chi connectivity index (χ1v) is 7.73. The molecule has 0 bridgehead atoms. The molecule has 0 amide bonds. The molecule has 1 rings (SSSR count). The molecule has 0 aliphatic carbocycles. The van der Waals surface area contributed by atoms with Gasteiger partial charge in [-0.3, -0.25) is 0 Å². The third-order valence-electron chi connectivity index (χ3n) is 2.52. The summed E-state index contributed by atoms with van der Waals surface area (Å²) in [6.45, 7) is 2.11. The highest BCUT2D eigenvalue weighted by Gasteiger charge is 2.09. The van der Waals surface area contributed by atoms with Gasteiger partial charge in [-0.2, -0.15) is 10.5 Å². The van der Waals surface area contributed by atoms with Crippen molar-refractivity contribution in [1.29, 1.82) is 10.5 Å². The van der Waals surface area contributed by atoms with E-state index >= 15 is 0 Å². The van der Waals surface area contributed by atoms with Crippen LogP contribution in [0.25, 0.3) is 0 Å². The Balaban J connectivity index is 2.66. The van der Waals surface area contributed by atoms with Crippen LogP contribution in [-0.2, 0) is 9.84 Å². The summed E-state index contributed by atoms with van der Waals surface area (Å²) < 4.78 is 23.0. The van der Waals surface area contributed by atoms with Gasteiger partial charge in [0, 0.05) is 18.0 Å². The smallest absolute Gasteiger partial charge is 0.152 e. The summed E-state index contributed by atoms with van der Waals surface area (Å²) in [5.74, 6) is 0.244. The number of sulfone groups is 1. The van der Waals surface area contributed by atoms with E-state index < -0.39 is 9.84 Å². The number of rotatable bonds is 6. The Hall–Kier alpha value is -2.05. The summed E-state index contributed by atoms with van der Waals surface area (Å²) in [5.41, 5.74) is 1.23. The first kappa shape index (κ1) is 15.0. The number of hydrogen-bond donors (Lipinski definition) is 1. The molecule has 0 heterocycles. The molecule has 0 aliphatic heterocycles. The molecule has 0 saturated carbocycles. The van der Waals surface area contributed by atoms with Crippen molar-refractivity contribution >= 4 is 15.5 Å². The fourth-order valence-electron chi connectivity index (χ4n) is 1.61. The van der Waals surface area contributed by atoms with Crippen LogP contribution in [0.2, 0.25) is 0 Å². The van der Waals surface area contributed by atoms with Crippen molar-refractivity contribution < 1.29 is 8.42 Å². The Morgan fingerprint density at radius 2 is 1.84 bits per heavy atom. The molecule has 0 radical (unpaired) electrons. The topological polar surface area (TPSA) is 93.8 Å². The predicted molar refractivity (Wildman–Crippen MR) is 73.3 cm³/mol. The molecule has 0 spiro atoms. The fraction of sp³-hybridized carbons (Fsp3) is 0.385. The van der Waals surface area contributed by atoms with Crippen molar-refractivity contribution in [1.82, 2.24) is 0 Å². The van der Waals surface area contributed by atoms with Crippen molar-refractivity contribution in [3.63, 3.8) is 0 Å². The minimum Gasteiger partial charge on any atom is -0.384 e. The molecule has 0 aliphatic rings. The Morgan fingerprint density at radius 1 is 1.16 bits per heavy atom. The second-order valence-electron chi connectivity index (χ2n) is 4.06. The quantitative estimate of drug-likeness (QED) is 0.853. The maximum Gasteiger partial charge on any atom is 0.152 e. The minimum absolute atomic E-state index is 0.0583. The number of hydrogen-bond acceptors (Lipinski definition) is 5. The van der Waals surface area contributed by atoms with E-state index in [9.17, 15) is 8.42 Å². The maximum atomic E-state index is 11.5. The van der Waals surface area contributed by atoms with Gasteiger partial charge in [0.1, 0.15) is 12.1 Å². The average molecular weight is 277 g/mol. The molecule has 0 saturated heterocycles. The van der Waals surface area contributed by atoms with Gasteiger partial charge in [0.25, 0.3) is 0 Å². The van der Waals surface area contributed by atoms with E-state index in [-0.39, 0.29) is 17.1 Å². The molecule has 0 fully saturated rings. The first-order chi connectivity index (χ1) is 9.02. The molecule has 5 nitrogen and oxygen atoms in total. The highest BCUT2D eigenvalue weighted by molar-refractivity contribution is 7.91. The maximum absolute atomic E-state index is 11.5. The van der Waals surface area contributed by atoms with E-state index in [1.54, 1.807) is 18.2 Å². The van der Waals surface area contributed by atoms with Crippen molar-refractivity contribution in [2.45, 2.75) is 13.3 Å². The molecule has 1 aromatic carbocycles. The van der Waals surface area contributed by atoms with Gasteiger partial charge in [-0.25, -0.2) is 8.42 Å². The lowest BCUT2D eigenvalue weighted by Crippen LogP contribution is -2.18. The third kappa shape index (κ3) is 4.61. The summed E-state index contributed by atoms with van der Waals surface area (Å²) >= 11 is 0. The van der Waals surface area contributed by atoms with Gasteiger partial charge in [-0.15, -0.1) is 0 Å². The fourth-order valence-corrected chi connectivity index (χ4v) is 2.85. The van der Waals surface area contributed by atoms with Crippen LogP contribution in [-0.4, -0.2) is 26.5 Å². The standard InChI is InChI=1S/C13H15N3O2S/c1-2-6-19(17,18)7-5-16-13-4-3-11(9-14)12(8-13)10-15/h3-4,8,16H,2,5-7H2,1H3.